The summed E-state index contributed by atoms with van der Waals surface area (Å²) in [5.74, 6) is 0.908. The number of aldehydes is 1. The van der Waals surface area contributed by atoms with E-state index in [-0.39, 0.29) is 35.4 Å². The summed E-state index contributed by atoms with van der Waals surface area (Å²) in [7, 11) is 0. The average Bonchev–Trinajstić information content (AvgIpc) is 2.88. The van der Waals surface area contributed by atoms with Gasteiger partial charge >= 0.3 is 0 Å². The Balaban J connectivity index is 0.00000144. The van der Waals surface area contributed by atoms with Crippen LogP contribution in [0.1, 0.15) is 18.7 Å². The highest BCUT2D eigenvalue weighted by Gasteiger charge is 2.52. The molecule has 0 atom stereocenters. The highest BCUT2D eigenvalue weighted by Crippen LogP contribution is 2.51. The zero-order valence-corrected chi connectivity index (χ0v) is 12.9. The van der Waals surface area contributed by atoms with Crippen LogP contribution >= 0.6 is 23.2 Å². The van der Waals surface area contributed by atoms with Crippen molar-refractivity contribution in [3.05, 3.63) is 29.8 Å². The number of hydrogen-bond donors (Lipinski definition) is 0. The monoisotopic (exact) mass is 386 g/mol. The number of alkyl halides is 1. The number of rotatable bonds is 5. The van der Waals surface area contributed by atoms with Gasteiger partial charge in [-0.3, -0.25) is 4.79 Å². The molecule has 1 saturated carbocycles. The molecule has 0 aromatic carbocycles. The number of imidazole rings is 1. The Morgan fingerprint density at radius 1 is 1.59 bits per heavy atom. The van der Waals surface area contributed by atoms with Crippen LogP contribution in [0.25, 0.3) is 0 Å². The molecule has 0 unspecified atom stereocenters. The van der Waals surface area contributed by atoms with E-state index in [1.54, 1.807) is 16.8 Å². The van der Waals surface area contributed by atoms with Crippen molar-refractivity contribution in [2.45, 2.75) is 30.8 Å². The third kappa shape index (κ3) is 2.85. The van der Waals surface area contributed by atoms with Gasteiger partial charge in [-0.05, 0) is 24.4 Å². The van der Waals surface area contributed by atoms with Gasteiger partial charge in [0.15, 0.2) is 6.29 Å². The lowest BCUT2D eigenvalue weighted by molar-refractivity contribution is -0.695. The van der Waals surface area contributed by atoms with E-state index in [2.05, 4.69) is 6.58 Å². The van der Waals surface area contributed by atoms with Crippen LogP contribution in [0.3, 0.4) is 0 Å². The summed E-state index contributed by atoms with van der Waals surface area (Å²) in [6, 6.07) is 0. The van der Waals surface area contributed by atoms with Crippen LogP contribution in [0.15, 0.2) is 18.9 Å². The summed E-state index contributed by atoms with van der Waals surface area (Å²) in [5.41, 5.74) is 0. The highest BCUT2D eigenvalue weighted by molar-refractivity contribution is 6.29. The van der Waals surface area contributed by atoms with Crippen LogP contribution in [-0.4, -0.2) is 10.9 Å². The van der Waals surface area contributed by atoms with E-state index >= 15 is 0 Å². The van der Waals surface area contributed by atoms with E-state index in [4.69, 9.17) is 23.2 Å². The molecule has 0 N–H and O–H groups in total. The lowest BCUT2D eigenvalue weighted by Gasteiger charge is -2.05. The van der Waals surface area contributed by atoms with Gasteiger partial charge in [-0.15, -0.1) is 11.6 Å². The normalized spacial score (nSPS) is 16.1. The predicted octanol–water partition coefficient (Wildman–Crippen LogP) is -0.954. The largest absolute Gasteiger partial charge is 1.00 e. The van der Waals surface area contributed by atoms with E-state index in [9.17, 15) is 4.79 Å². The molecule has 0 aliphatic heterocycles. The third-order valence-electron chi connectivity index (χ3n) is 2.72. The Labute approximate surface area is 127 Å². The van der Waals surface area contributed by atoms with E-state index in [0.29, 0.717) is 11.7 Å². The minimum Gasteiger partial charge on any atom is -1.00 e. The van der Waals surface area contributed by atoms with Gasteiger partial charge in [0.2, 0.25) is 5.15 Å². The van der Waals surface area contributed by atoms with Gasteiger partial charge in [-0.2, -0.15) is 0 Å². The van der Waals surface area contributed by atoms with Crippen LogP contribution < -0.4 is 28.5 Å². The molecule has 0 spiro atoms. The fourth-order valence-corrected chi connectivity index (χ4v) is 2.45. The van der Waals surface area contributed by atoms with Crippen molar-refractivity contribution in [1.29, 1.82) is 0 Å². The Bertz CT molecular complexity index is 441. The molecule has 17 heavy (non-hydrogen) atoms. The van der Waals surface area contributed by atoms with E-state index in [1.165, 1.54) is 0 Å². The highest BCUT2D eigenvalue weighted by atomic mass is 127. The second-order valence-electron chi connectivity index (χ2n) is 3.96. The first-order valence-electron chi connectivity index (χ1n) is 5.15. The Morgan fingerprint density at radius 2 is 2.24 bits per heavy atom. The molecule has 1 fully saturated rings. The maximum absolute atomic E-state index is 10.6. The minimum atomic E-state index is -0.348. The zero-order valence-electron chi connectivity index (χ0n) is 9.20. The summed E-state index contributed by atoms with van der Waals surface area (Å²) >= 11 is 12.5. The molecular weight excluding hydrogens is 374 g/mol. The minimum absolute atomic E-state index is 0. The molecule has 0 bridgehead atoms. The second kappa shape index (κ2) is 5.71. The molecule has 1 aromatic rings. The molecule has 1 aliphatic rings. The second-order valence-corrected chi connectivity index (χ2v) is 5.07. The van der Waals surface area contributed by atoms with Gasteiger partial charge in [-0.25, -0.2) is 9.13 Å². The van der Waals surface area contributed by atoms with E-state index < -0.39 is 0 Å². The lowest BCUT2D eigenvalue weighted by Crippen LogP contribution is -3.00. The molecule has 1 heterocycles. The number of carbonyl (C=O) groups is 1. The molecule has 1 aliphatic carbocycles. The Kier molecular flexibility index (Phi) is 5.04. The first-order chi connectivity index (χ1) is 7.62. The predicted molar refractivity (Wildman–Crippen MR) is 62.7 cm³/mol. The topological polar surface area (TPSA) is 25.9 Å². The molecule has 0 saturated heterocycles. The van der Waals surface area contributed by atoms with Crippen LogP contribution in [0, 0.1) is 0 Å². The number of nitrogens with zero attached hydrogens (tertiary/aromatic N) is 2. The molecule has 0 amide bonds. The van der Waals surface area contributed by atoms with Crippen molar-refractivity contribution >= 4 is 29.5 Å². The van der Waals surface area contributed by atoms with Crippen LogP contribution in [0.5, 0.6) is 0 Å². The third-order valence-corrected chi connectivity index (χ3v) is 3.57. The fraction of sp³-hybridized carbons (Fsp3) is 0.455. The first kappa shape index (κ1) is 15.0. The van der Waals surface area contributed by atoms with Crippen LogP contribution in [-0.2, 0) is 22.8 Å². The average molecular weight is 387 g/mol. The maximum Gasteiger partial charge on any atom is 0.279 e. The molecule has 6 heteroatoms. The van der Waals surface area contributed by atoms with Crippen LogP contribution in [0.4, 0.5) is 0 Å². The lowest BCUT2D eigenvalue weighted by atomic mass is 10.3. The van der Waals surface area contributed by atoms with Crippen molar-refractivity contribution in [2.24, 2.45) is 0 Å². The maximum atomic E-state index is 10.6. The summed E-state index contributed by atoms with van der Waals surface area (Å²) in [4.78, 5) is 10.3. The van der Waals surface area contributed by atoms with Crippen molar-refractivity contribution < 1.29 is 33.3 Å². The smallest absolute Gasteiger partial charge is 0.279 e. The van der Waals surface area contributed by atoms with Crippen LogP contribution in [0.2, 0.25) is 5.15 Å². The van der Waals surface area contributed by atoms with E-state index in [1.807, 2.05) is 4.57 Å². The molecule has 94 valence electrons. The molecule has 3 nitrogen and oxygen atoms in total. The number of halogens is 3. The van der Waals surface area contributed by atoms with E-state index in [0.717, 1.165) is 25.0 Å². The Hall–Kier alpha value is -0.0700. The van der Waals surface area contributed by atoms with Crippen molar-refractivity contribution in [3.63, 3.8) is 0 Å². The number of aromatic nitrogens is 2. The SMILES string of the molecule is C=CC[n+]1cc(Cl)n(CC=O)c1C1(Cl)CC1.[I-]. The summed E-state index contributed by atoms with van der Waals surface area (Å²) in [5, 5.41) is 0.538. The quantitative estimate of drug-likeness (QED) is 0.210. The Morgan fingerprint density at radius 3 is 2.71 bits per heavy atom. The summed E-state index contributed by atoms with van der Waals surface area (Å²) in [6.45, 7) is 4.59. The number of carbonyl (C=O) groups excluding carboxylic acids is 1. The summed E-state index contributed by atoms with van der Waals surface area (Å²) < 4.78 is 3.72. The van der Waals surface area contributed by atoms with Crippen molar-refractivity contribution in [1.82, 2.24) is 4.57 Å². The number of hydrogen-bond acceptors (Lipinski definition) is 1. The van der Waals surface area contributed by atoms with Gasteiger partial charge in [-0.1, -0.05) is 12.7 Å². The zero-order chi connectivity index (χ0) is 11.8. The van der Waals surface area contributed by atoms with Crippen molar-refractivity contribution in [3.8, 4) is 0 Å². The van der Waals surface area contributed by atoms with Gasteiger partial charge in [0.1, 0.15) is 24.2 Å². The fourth-order valence-electron chi connectivity index (χ4n) is 1.87. The summed E-state index contributed by atoms with van der Waals surface area (Å²) in [6.07, 6.45) is 6.25. The van der Waals surface area contributed by atoms with Crippen molar-refractivity contribution in [2.75, 3.05) is 0 Å². The van der Waals surface area contributed by atoms with Gasteiger partial charge in [0.25, 0.3) is 5.82 Å². The molecule has 1 aromatic heterocycles. The van der Waals surface area contributed by atoms with Gasteiger partial charge in [0, 0.05) is 0 Å². The standard InChI is InChI=1S/C11H13Cl2N2O.HI/c1-2-5-14-8-9(12)15(6-7-16)10(14)11(13)3-4-11;/h2,7-8H,1,3-6H2;1H/q+1;/p-1. The molecule has 2 rings (SSSR count). The molecular formula is C11H13Cl2IN2O. The first-order valence-corrected chi connectivity index (χ1v) is 5.90. The number of allylic oxidation sites excluding steroid dienone is 1. The van der Waals surface area contributed by atoms with Gasteiger partial charge in [0.05, 0.1) is 0 Å². The van der Waals surface area contributed by atoms with Gasteiger partial charge < -0.3 is 24.0 Å². The molecule has 0 radical (unpaired) electrons.